The fraction of sp³-hybridized carbons (Fsp3) is 0.500. The number of rotatable bonds is 5. The Morgan fingerprint density at radius 1 is 1.15 bits per heavy atom. The molecule has 0 bridgehead atoms. The molecule has 1 aliphatic heterocycles. The molecule has 0 spiro atoms. The van der Waals surface area contributed by atoms with Crippen LogP contribution in [-0.4, -0.2) is 40.3 Å². The first-order valence-electron chi connectivity index (χ1n) is 6.42. The highest BCUT2D eigenvalue weighted by Gasteiger charge is 2.36. The molecule has 0 aromatic heterocycles. The number of carbonyl (C=O) groups excluding carboxylic acids is 1. The van der Waals surface area contributed by atoms with E-state index >= 15 is 0 Å². The summed E-state index contributed by atoms with van der Waals surface area (Å²) in [4.78, 5) is 11.6. The molecule has 1 aromatic carbocycles. The van der Waals surface area contributed by atoms with Gasteiger partial charge in [-0.3, -0.25) is 4.79 Å². The van der Waals surface area contributed by atoms with Gasteiger partial charge in [-0.1, -0.05) is 0 Å². The lowest BCUT2D eigenvalue weighted by Crippen LogP contribution is -2.28. The van der Waals surface area contributed by atoms with Gasteiger partial charge in [0.05, 0.1) is 27.2 Å². The lowest BCUT2D eigenvalue weighted by atomic mass is 9.87. The van der Waals surface area contributed by atoms with E-state index < -0.39 is 0 Å². The molecular formula is C14H20N2O4. The van der Waals surface area contributed by atoms with Crippen molar-refractivity contribution in [1.29, 1.82) is 0 Å². The highest BCUT2D eigenvalue weighted by molar-refractivity contribution is 5.79. The number of benzene rings is 1. The lowest BCUT2D eigenvalue weighted by molar-refractivity contribution is -0.121. The molecule has 1 saturated heterocycles. The fourth-order valence-corrected chi connectivity index (χ4v) is 2.68. The first-order chi connectivity index (χ1) is 9.62. The largest absolute Gasteiger partial charge is 0.496 e. The Morgan fingerprint density at radius 2 is 1.75 bits per heavy atom. The number of amides is 1. The summed E-state index contributed by atoms with van der Waals surface area (Å²) in [5, 5.41) is 3.19. The van der Waals surface area contributed by atoms with E-state index in [0.717, 1.165) is 5.56 Å². The predicted octanol–water partition coefficient (Wildman–Crippen LogP) is 0.501. The molecule has 0 saturated carbocycles. The number of primary amides is 1. The zero-order valence-electron chi connectivity index (χ0n) is 11.9. The second-order valence-electron chi connectivity index (χ2n) is 4.72. The van der Waals surface area contributed by atoms with Crippen LogP contribution in [0, 0.1) is 5.92 Å². The zero-order valence-corrected chi connectivity index (χ0v) is 11.9. The molecule has 1 fully saturated rings. The van der Waals surface area contributed by atoms with Gasteiger partial charge in [0, 0.05) is 36.7 Å². The number of hydrogen-bond donors (Lipinski definition) is 2. The minimum Gasteiger partial charge on any atom is -0.496 e. The standard InChI is InChI=1S/C14H20N2O4/c1-18-8-4-11(19-2)13(12(5-8)20-3)9-6-16-7-10(9)14(15)17/h4-5,9-10,16H,6-7H2,1-3H3,(H2,15,17). The highest BCUT2D eigenvalue weighted by Crippen LogP contribution is 2.43. The average molecular weight is 280 g/mol. The lowest BCUT2D eigenvalue weighted by Gasteiger charge is -2.22. The van der Waals surface area contributed by atoms with Crippen LogP contribution in [0.3, 0.4) is 0 Å². The first-order valence-corrected chi connectivity index (χ1v) is 6.42. The van der Waals surface area contributed by atoms with Crippen LogP contribution in [0.4, 0.5) is 0 Å². The number of ether oxygens (including phenoxy) is 3. The smallest absolute Gasteiger partial charge is 0.222 e. The molecule has 20 heavy (non-hydrogen) atoms. The number of hydrogen-bond acceptors (Lipinski definition) is 5. The van der Waals surface area contributed by atoms with Crippen molar-refractivity contribution < 1.29 is 19.0 Å². The zero-order chi connectivity index (χ0) is 14.7. The molecule has 6 heteroatoms. The first kappa shape index (κ1) is 14.5. The summed E-state index contributed by atoms with van der Waals surface area (Å²) in [5.74, 6) is 1.26. The Labute approximate surface area is 118 Å². The summed E-state index contributed by atoms with van der Waals surface area (Å²) < 4.78 is 16.1. The molecule has 3 N–H and O–H groups in total. The Balaban J connectivity index is 2.51. The molecule has 0 aliphatic carbocycles. The molecule has 110 valence electrons. The maximum absolute atomic E-state index is 11.6. The third-order valence-corrected chi connectivity index (χ3v) is 3.70. The number of nitrogens with one attached hydrogen (secondary N) is 1. The van der Waals surface area contributed by atoms with Crippen LogP contribution in [0.2, 0.25) is 0 Å². The van der Waals surface area contributed by atoms with E-state index in [-0.39, 0.29) is 17.7 Å². The van der Waals surface area contributed by atoms with Gasteiger partial charge in [-0.25, -0.2) is 0 Å². The van der Waals surface area contributed by atoms with E-state index in [1.54, 1.807) is 33.5 Å². The quantitative estimate of drug-likeness (QED) is 0.820. The molecule has 1 aliphatic rings. The molecule has 2 unspecified atom stereocenters. The summed E-state index contributed by atoms with van der Waals surface area (Å²) in [6.45, 7) is 1.23. The van der Waals surface area contributed by atoms with Gasteiger partial charge in [0.15, 0.2) is 0 Å². The number of carbonyl (C=O) groups is 1. The second-order valence-corrected chi connectivity index (χ2v) is 4.72. The van der Waals surface area contributed by atoms with E-state index in [9.17, 15) is 4.79 Å². The third kappa shape index (κ3) is 2.51. The van der Waals surface area contributed by atoms with Gasteiger partial charge >= 0.3 is 0 Å². The van der Waals surface area contributed by atoms with E-state index in [0.29, 0.717) is 30.3 Å². The summed E-state index contributed by atoms with van der Waals surface area (Å²) in [5.41, 5.74) is 6.33. The van der Waals surface area contributed by atoms with Crippen LogP contribution in [0.15, 0.2) is 12.1 Å². The summed E-state index contributed by atoms with van der Waals surface area (Å²) >= 11 is 0. The Morgan fingerprint density at radius 3 is 2.20 bits per heavy atom. The van der Waals surface area contributed by atoms with E-state index in [1.807, 2.05) is 0 Å². The van der Waals surface area contributed by atoms with Crippen molar-refractivity contribution in [3.63, 3.8) is 0 Å². The monoisotopic (exact) mass is 280 g/mol. The van der Waals surface area contributed by atoms with Gasteiger partial charge in [-0.2, -0.15) is 0 Å². The second kappa shape index (κ2) is 6.00. The summed E-state index contributed by atoms with van der Waals surface area (Å²) in [6, 6.07) is 3.57. The molecule has 1 aromatic rings. The Bertz CT molecular complexity index is 479. The van der Waals surface area contributed by atoms with Crippen molar-refractivity contribution in [3.05, 3.63) is 17.7 Å². The van der Waals surface area contributed by atoms with Gasteiger partial charge in [0.25, 0.3) is 0 Å². The predicted molar refractivity (Wildman–Crippen MR) is 74.4 cm³/mol. The molecule has 1 amide bonds. The molecule has 1 heterocycles. The van der Waals surface area contributed by atoms with Crippen LogP contribution >= 0.6 is 0 Å². The number of methoxy groups -OCH3 is 3. The van der Waals surface area contributed by atoms with Crippen molar-refractivity contribution in [2.24, 2.45) is 11.7 Å². The molecule has 6 nitrogen and oxygen atoms in total. The molecule has 2 rings (SSSR count). The van der Waals surface area contributed by atoms with Gasteiger partial charge in [0.1, 0.15) is 17.2 Å². The SMILES string of the molecule is COc1cc(OC)c(C2CNCC2C(N)=O)c(OC)c1. The topological polar surface area (TPSA) is 82.8 Å². The third-order valence-electron chi connectivity index (χ3n) is 3.70. The normalized spacial score (nSPS) is 21.6. The van der Waals surface area contributed by atoms with Crippen LogP contribution in [-0.2, 0) is 4.79 Å². The summed E-state index contributed by atoms with van der Waals surface area (Å²) in [7, 11) is 4.75. The van der Waals surface area contributed by atoms with Crippen molar-refractivity contribution in [3.8, 4) is 17.2 Å². The average Bonchev–Trinajstić information content (AvgIpc) is 2.94. The van der Waals surface area contributed by atoms with Crippen molar-refractivity contribution in [2.75, 3.05) is 34.4 Å². The van der Waals surface area contributed by atoms with Crippen molar-refractivity contribution in [2.45, 2.75) is 5.92 Å². The van der Waals surface area contributed by atoms with Gasteiger partial charge in [0.2, 0.25) is 5.91 Å². The number of nitrogens with two attached hydrogens (primary N) is 1. The maximum atomic E-state index is 11.6. The Hall–Kier alpha value is -1.95. The van der Waals surface area contributed by atoms with Gasteiger partial charge < -0.3 is 25.3 Å². The van der Waals surface area contributed by atoms with Crippen LogP contribution in [0.1, 0.15) is 11.5 Å². The van der Waals surface area contributed by atoms with E-state index in [1.165, 1.54) is 0 Å². The minimum absolute atomic E-state index is 0.0664. The summed E-state index contributed by atoms with van der Waals surface area (Å²) in [6.07, 6.45) is 0. The van der Waals surface area contributed by atoms with E-state index in [2.05, 4.69) is 5.32 Å². The van der Waals surface area contributed by atoms with Crippen molar-refractivity contribution >= 4 is 5.91 Å². The van der Waals surface area contributed by atoms with Crippen LogP contribution < -0.4 is 25.3 Å². The van der Waals surface area contributed by atoms with E-state index in [4.69, 9.17) is 19.9 Å². The fourth-order valence-electron chi connectivity index (χ4n) is 2.68. The molecule has 2 atom stereocenters. The Kier molecular flexibility index (Phi) is 4.34. The van der Waals surface area contributed by atoms with Crippen molar-refractivity contribution in [1.82, 2.24) is 5.32 Å². The highest BCUT2D eigenvalue weighted by atomic mass is 16.5. The van der Waals surface area contributed by atoms with Gasteiger partial charge in [-0.15, -0.1) is 0 Å². The van der Waals surface area contributed by atoms with Crippen LogP contribution in [0.5, 0.6) is 17.2 Å². The minimum atomic E-state index is -0.320. The molecular weight excluding hydrogens is 260 g/mol. The van der Waals surface area contributed by atoms with Crippen LogP contribution in [0.25, 0.3) is 0 Å². The van der Waals surface area contributed by atoms with Gasteiger partial charge in [-0.05, 0) is 0 Å². The molecule has 0 radical (unpaired) electrons. The maximum Gasteiger partial charge on any atom is 0.222 e.